The molecule has 1 aliphatic heterocycles. The highest BCUT2D eigenvalue weighted by atomic mass is 32.2. The summed E-state index contributed by atoms with van der Waals surface area (Å²) in [4.78, 5) is 19.6. The van der Waals surface area contributed by atoms with Gasteiger partial charge in [-0.1, -0.05) is 30.8 Å². The van der Waals surface area contributed by atoms with Crippen LogP contribution in [0.25, 0.3) is 0 Å². The van der Waals surface area contributed by atoms with Crippen molar-refractivity contribution in [2.24, 2.45) is 16.1 Å². The molecule has 4 nitrogen and oxygen atoms in total. The van der Waals surface area contributed by atoms with Crippen LogP contribution in [0.15, 0.2) is 10.1 Å². The zero-order valence-electron chi connectivity index (χ0n) is 8.61. The second kappa shape index (κ2) is 5.14. The summed E-state index contributed by atoms with van der Waals surface area (Å²) >= 11 is 1.58. The molecule has 1 rings (SSSR count). The first-order valence-electron chi connectivity index (χ1n) is 4.54. The average molecular weight is 214 g/mol. The Bertz CT molecular complexity index is 285. The molecule has 1 heterocycles. The van der Waals surface area contributed by atoms with E-state index in [1.807, 2.05) is 13.8 Å². The van der Waals surface area contributed by atoms with Gasteiger partial charge in [-0.05, 0) is 5.92 Å². The van der Waals surface area contributed by atoms with Gasteiger partial charge in [-0.25, -0.2) is 4.79 Å². The van der Waals surface area contributed by atoms with Gasteiger partial charge in [0.15, 0.2) is 5.04 Å². The van der Waals surface area contributed by atoms with E-state index in [0.717, 1.165) is 23.1 Å². The van der Waals surface area contributed by atoms with Crippen molar-refractivity contribution in [1.82, 2.24) is 0 Å². The Labute approximate surface area is 87.8 Å². The molecule has 0 saturated carbocycles. The molecule has 0 aliphatic carbocycles. The predicted molar refractivity (Wildman–Crippen MR) is 58.8 cm³/mol. The summed E-state index contributed by atoms with van der Waals surface area (Å²) in [7, 11) is 0. The van der Waals surface area contributed by atoms with E-state index >= 15 is 0 Å². The normalized spacial score (nSPS) is 19.7. The molecule has 0 saturated heterocycles. The van der Waals surface area contributed by atoms with Crippen molar-refractivity contribution in [3.05, 3.63) is 0 Å². The van der Waals surface area contributed by atoms with Gasteiger partial charge in [0.05, 0.1) is 5.71 Å². The first kappa shape index (κ1) is 11.2. The van der Waals surface area contributed by atoms with Crippen LogP contribution in [0.3, 0.4) is 0 Å². The Balaban J connectivity index is 2.75. The van der Waals surface area contributed by atoms with Crippen LogP contribution < -0.4 is 0 Å². The maximum Gasteiger partial charge on any atom is 0.332 e. The van der Waals surface area contributed by atoms with Gasteiger partial charge in [-0.2, -0.15) is 0 Å². The van der Waals surface area contributed by atoms with Gasteiger partial charge in [0.2, 0.25) is 0 Å². The fraction of sp³-hybridized carbons (Fsp3) is 0.667. The largest absolute Gasteiger partial charge is 0.332 e. The fourth-order valence-electron chi connectivity index (χ4n) is 1.06. The van der Waals surface area contributed by atoms with Crippen LogP contribution >= 0.6 is 11.8 Å². The molecule has 0 fully saturated rings. The lowest BCUT2D eigenvalue weighted by Gasteiger charge is -2.15. The summed E-state index contributed by atoms with van der Waals surface area (Å²) in [6, 6.07) is 0. The lowest BCUT2D eigenvalue weighted by atomic mass is 10.1. The van der Waals surface area contributed by atoms with E-state index < -0.39 is 5.97 Å². The second-order valence-electron chi connectivity index (χ2n) is 3.25. The molecule has 14 heavy (non-hydrogen) atoms. The van der Waals surface area contributed by atoms with Crippen LogP contribution in [-0.2, 0) is 9.63 Å². The number of carbonyl (C=O) groups excluding carboxylic acids is 1. The number of oxime groups is 1. The molecule has 5 heteroatoms. The van der Waals surface area contributed by atoms with Gasteiger partial charge >= 0.3 is 5.97 Å². The third-order valence-electron chi connectivity index (χ3n) is 1.64. The van der Waals surface area contributed by atoms with Gasteiger partial charge in [0.25, 0.3) is 0 Å². The number of thioether (sulfide) groups is 1. The van der Waals surface area contributed by atoms with E-state index in [2.05, 4.69) is 15.0 Å². The maximum absolute atomic E-state index is 10.6. The van der Waals surface area contributed by atoms with Crippen LogP contribution in [0.5, 0.6) is 0 Å². The fourth-order valence-corrected chi connectivity index (χ4v) is 1.97. The van der Waals surface area contributed by atoms with Crippen molar-refractivity contribution in [2.75, 3.05) is 12.3 Å². The van der Waals surface area contributed by atoms with Crippen LogP contribution in [0.1, 0.15) is 20.8 Å². The highest BCUT2D eigenvalue weighted by Crippen LogP contribution is 2.16. The van der Waals surface area contributed by atoms with E-state index in [-0.39, 0.29) is 0 Å². The molecular weight excluding hydrogens is 200 g/mol. The predicted octanol–water partition coefficient (Wildman–Crippen LogP) is 1.71. The monoisotopic (exact) mass is 214 g/mol. The molecule has 0 aromatic carbocycles. The lowest BCUT2D eigenvalue weighted by molar-refractivity contribution is -0.140. The zero-order chi connectivity index (χ0) is 10.6. The van der Waals surface area contributed by atoms with E-state index in [9.17, 15) is 4.79 Å². The number of aliphatic imine (C=N–C) groups is 1. The molecule has 0 amide bonds. The Morgan fingerprint density at radius 2 is 2.36 bits per heavy atom. The van der Waals surface area contributed by atoms with Crippen LogP contribution in [-0.4, -0.2) is 29.0 Å². The molecule has 0 spiro atoms. The summed E-state index contributed by atoms with van der Waals surface area (Å²) < 4.78 is 0. The molecule has 0 radical (unpaired) electrons. The highest BCUT2D eigenvalue weighted by Gasteiger charge is 2.18. The molecular formula is C9H14N2O2S. The Morgan fingerprint density at radius 1 is 1.64 bits per heavy atom. The van der Waals surface area contributed by atoms with Crippen molar-refractivity contribution >= 4 is 28.5 Å². The molecule has 0 unspecified atom stereocenters. The van der Waals surface area contributed by atoms with Crippen molar-refractivity contribution in [3.63, 3.8) is 0 Å². The minimum atomic E-state index is -0.397. The van der Waals surface area contributed by atoms with Gasteiger partial charge in [-0.15, -0.1) is 0 Å². The first-order chi connectivity index (χ1) is 6.61. The maximum atomic E-state index is 10.6. The quantitative estimate of drug-likeness (QED) is 0.519. The minimum absolute atomic E-state index is 0.317. The van der Waals surface area contributed by atoms with Gasteiger partial charge in [0.1, 0.15) is 0 Å². The number of carbonyl (C=O) groups is 1. The summed E-state index contributed by atoms with van der Waals surface area (Å²) in [6.07, 6.45) is 0. The van der Waals surface area contributed by atoms with Gasteiger partial charge < -0.3 is 4.84 Å². The third kappa shape index (κ3) is 3.14. The molecule has 78 valence electrons. The standard InChI is InChI=1S/C9H14N2O2S/c1-6(2)8-9(11-13-7(3)12)14-5-4-10-8/h6H,4-5H2,1-3H3. The summed E-state index contributed by atoms with van der Waals surface area (Å²) in [5.74, 6) is 0.819. The average Bonchev–Trinajstić information content (AvgIpc) is 2.15. The smallest absolute Gasteiger partial charge is 0.317 e. The van der Waals surface area contributed by atoms with Gasteiger partial charge in [-0.3, -0.25) is 4.99 Å². The van der Waals surface area contributed by atoms with Crippen molar-refractivity contribution in [1.29, 1.82) is 0 Å². The Hall–Kier alpha value is -0.840. The van der Waals surface area contributed by atoms with E-state index in [1.54, 1.807) is 11.8 Å². The van der Waals surface area contributed by atoms with E-state index in [4.69, 9.17) is 0 Å². The van der Waals surface area contributed by atoms with Crippen molar-refractivity contribution < 1.29 is 9.63 Å². The molecule has 0 aromatic heterocycles. The number of hydrogen-bond donors (Lipinski definition) is 0. The minimum Gasteiger partial charge on any atom is -0.317 e. The number of hydrogen-bond acceptors (Lipinski definition) is 5. The summed E-state index contributed by atoms with van der Waals surface area (Å²) in [6.45, 7) is 6.25. The van der Waals surface area contributed by atoms with Crippen LogP contribution in [0.4, 0.5) is 0 Å². The number of rotatable bonds is 2. The second-order valence-corrected chi connectivity index (χ2v) is 4.33. The van der Waals surface area contributed by atoms with Crippen molar-refractivity contribution in [2.45, 2.75) is 20.8 Å². The van der Waals surface area contributed by atoms with Crippen molar-refractivity contribution in [3.8, 4) is 0 Å². The number of nitrogens with zero attached hydrogens (tertiary/aromatic N) is 2. The van der Waals surface area contributed by atoms with E-state index in [0.29, 0.717) is 5.92 Å². The summed E-state index contributed by atoms with van der Waals surface area (Å²) in [5, 5.41) is 4.52. The highest BCUT2D eigenvalue weighted by molar-refractivity contribution is 8.15. The molecule has 0 aromatic rings. The summed E-state index contributed by atoms with van der Waals surface area (Å²) in [5.41, 5.74) is 0.933. The molecule has 1 aliphatic rings. The van der Waals surface area contributed by atoms with Gasteiger partial charge in [0, 0.05) is 19.2 Å². The topological polar surface area (TPSA) is 51.0 Å². The first-order valence-corrected chi connectivity index (χ1v) is 5.53. The van der Waals surface area contributed by atoms with Crippen LogP contribution in [0, 0.1) is 5.92 Å². The Morgan fingerprint density at radius 3 is 2.93 bits per heavy atom. The lowest BCUT2D eigenvalue weighted by Crippen LogP contribution is -2.23. The third-order valence-corrected chi connectivity index (χ3v) is 2.58. The van der Waals surface area contributed by atoms with E-state index in [1.165, 1.54) is 6.92 Å². The molecule has 0 bridgehead atoms. The SMILES string of the molecule is CC(=O)ON=C1SCCN=C1C(C)C. The molecule has 0 N–H and O–H groups in total. The molecule has 0 atom stereocenters. The Kier molecular flexibility index (Phi) is 4.13. The van der Waals surface area contributed by atoms with Crippen LogP contribution in [0.2, 0.25) is 0 Å². The zero-order valence-corrected chi connectivity index (χ0v) is 9.43.